The molecule has 0 aliphatic heterocycles. The van der Waals surface area contributed by atoms with Gasteiger partial charge in [0, 0.05) is 13.0 Å². The van der Waals surface area contributed by atoms with Gasteiger partial charge in [0.15, 0.2) is 0 Å². The van der Waals surface area contributed by atoms with E-state index in [4.69, 9.17) is 10.2 Å². The Kier molecular flexibility index (Phi) is 5.66. The number of aliphatic hydroxyl groups is 1. The Hall–Kier alpha value is -0.660. The second-order valence-electron chi connectivity index (χ2n) is 3.10. The summed E-state index contributed by atoms with van der Waals surface area (Å²) < 4.78 is 20.9. The van der Waals surface area contributed by atoms with Gasteiger partial charge in [-0.3, -0.25) is 4.79 Å². The Morgan fingerprint density at radius 3 is 2.57 bits per heavy atom. The van der Waals surface area contributed by atoms with E-state index in [0.29, 0.717) is 6.42 Å². The molecule has 0 rings (SSSR count). The molecule has 0 aliphatic carbocycles. The van der Waals surface area contributed by atoms with E-state index in [1.165, 1.54) is 0 Å². The van der Waals surface area contributed by atoms with Gasteiger partial charge in [-0.1, -0.05) is 0 Å². The van der Waals surface area contributed by atoms with E-state index in [1.807, 2.05) is 0 Å². The number of carbonyl (C=O) groups is 1. The Labute approximate surface area is 83.5 Å². The van der Waals surface area contributed by atoms with Crippen molar-refractivity contribution in [2.24, 2.45) is 5.14 Å². The molecule has 7 heteroatoms. The molecule has 0 radical (unpaired) electrons. The molecular weight excluding hydrogens is 208 g/mol. The molecule has 0 spiro atoms. The second-order valence-corrected chi connectivity index (χ2v) is 4.84. The van der Waals surface area contributed by atoms with Gasteiger partial charge in [0.2, 0.25) is 15.9 Å². The zero-order chi connectivity index (χ0) is 11.2. The minimum Gasteiger partial charge on any atom is -0.393 e. The predicted octanol–water partition coefficient (Wildman–Crippen LogP) is -1.45. The van der Waals surface area contributed by atoms with Gasteiger partial charge in [-0.25, -0.2) is 13.6 Å². The van der Waals surface area contributed by atoms with Gasteiger partial charge in [-0.2, -0.15) is 0 Å². The second kappa shape index (κ2) is 5.94. The van der Waals surface area contributed by atoms with Crippen LogP contribution in [0.15, 0.2) is 0 Å². The lowest BCUT2D eigenvalue weighted by molar-refractivity contribution is -0.121. The van der Waals surface area contributed by atoms with Gasteiger partial charge in [-0.15, -0.1) is 0 Å². The Bertz CT molecular complexity index is 273. The average molecular weight is 224 g/mol. The zero-order valence-corrected chi connectivity index (χ0v) is 8.88. The highest BCUT2D eigenvalue weighted by Crippen LogP contribution is 1.94. The number of hydrogen-bond donors (Lipinski definition) is 3. The van der Waals surface area contributed by atoms with Crippen molar-refractivity contribution in [2.75, 3.05) is 12.3 Å². The lowest BCUT2D eigenvalue weighted by Crippen LogP contribution is -2.31. The van der Waals surface area contributed by atoms with Crippen molar-refractivity contribution in [3.63, 3.8) is 0 Å². The Balaban J connectivity index is 3.55. The summed E-state index contributed by atoms with van der Waals surface area (Å²) in [7, 11) is -3.52. The number of primary sulfonamides is 1. The first-order chi connectivity index (χ1) is 6.31. The zero-order valence-electron chi connectivity index (χ0n) is 8.06. The quantitative estimate of drug-likeness (QED) is 0.513. The summed E-state index contributed by atoms with van der Waals surface area (Å²) in [6.07, 6.45) is 0.0164. The van der Waals surface area contributed by atoms with Crippen molar-refractivity contribution >= 4 is 15.9 Å². The average Bonchev–Trinajstić information content (AvgIpc) is 1.98. The highest BCUT2D eigenvalue weighted by Gasteiger charge is 2.06. The molecule has 0 saturated carbocycles. The maximum absolute atomic E-state index is 11.0. The molecule has 0 saturated heterocycles. The van der Waals surface area contributed by atoms with Crippen LogP contribution < -0.4 is 10.5 Å². The molecule has 0 fully saturated rings. The van der Waals surface area contributed by atoms with Crippen LogP contribution in [0.25, 0.3) is 0 Å². The van der Waals surface area contributed by atoms with Crippen molar-refractivity contribution in [1.82, 2.24) is 5.32 Å². The van der Waals surface area contributed by atoms with Gasteiger partial charge in [-0.05, 0) is 13.3 Å². The number of hydrogen-bond acceptors (Lipinski definition) is 4. The van der Waals surface area contributed by atoms with E-state index < -0.39 is 16.1 Å². The SMILES string of the molecule is CC(O)CCC(=O)NCCS(N)(=O)=O. The third-order valence-corrected chi connectivity index (χ3v) is 2.27. The van der Waals surface area contributed by atoms with Gasteiger partial charge >= 0.3 is 0 Å². The van der Waals surface area contributed by atoms with Crippen LogP contribution in [0, 0.1) is 0 Å². The Morgan fingerprint density at radius 1 is 1.57 bits per heavy atom. The molecule has 0 bridgehead atoms. The minimum absolute atomic E-state index is 0.0114. The summed E-state index contributed by atoms with van der Waals surface area (Å²) in [6.45, 7) is 1.59. The first-order valence-corrected chi connectivity index (χ1v) is 5.98. The minimum atomic E-state index is -3.52. The molecule has 1 atom stereocenters. The van der Waals surface area contributed by atoms with E-state index in [2.05, 4.69) is 5.32 Å². The van der Waals surface area contributed by atoms with E-state index in [1.54, 1.807) is 6.92 Å². The summed E-state index contributed by atoms with van der Waals surface area (Å²) in [4.78, 5) is 11.0. The first-order valence-electron chi connectivity index (χ1n) is 4.26. The highest BCUT2D eigenvalue weighted by molar-refractivity contribution is 7.89. The number of carbonyl (C=O) groups excluding carboxylic acids is 1. The van der Waals surface area contributed by atoms with E-state index >= 15 is 0 Å². The predicted molar refractivity (Wildman–Crippen MR) is 51.9 cm³/mol. The molecule has 84 valence electrons. The van der Waals surface area contributed by atoms with Crippen LogP contribution in [0.1, 0.15) is 19.8 Å². The van der Waals surface area contributed by atoms with Crippen LogP contribution in [0.2, 0.25) is 0 Å². The molecule has 0 aromatic carbocycles. The van der Waals surface area contributed by atoms with E-state index in [9.17, 15) is 13.2 Å². The van der Waals surface area contributed by atoms with Crippen molar-refractivity contribution < 1.29 is 18.3 Å². The fourth-order valence-electron chi connectivity index (χ4n) is 0.761. The third-order valence-electron chi connectivity index (χ3n) is 1.50. The molecule has 6 nitrogen and oxygen atoms in total. The Morgan fingerprint density at radius 2 is 2.14 bits per heavy atom. The van der Waals surface area contributed by atoms with Crippen LogP contribution >= 0.6 is 0 Å². The number of nitrogens with one attached hydrogen (secondary N) is 1. The fourth-order valence-corrected chi connectivity index (χ4v) is 1.15. The number of sulfonamides is 1. The van der Waals surface area contributed by atoms with Crippen LogP contribution in [0.4, 0.5) is 0 Å². The van der Waals surface area contributed by atoms with Crippen molar-refractivity contribution in [1.29, 1.82) is 0 Å². The summed E-state index contributed by atoms with van der Waals surface area (Å²) >= 11 is 0. The smallest absolute Gasteiger partial charge is 0.220 e. The van der Waals surface area contributed by atoms with Crippen molar-refractivity contribution in [3.8, 4) is 0 Å². The fraction of sp³-hybridized carbons (Fsp3) is 0.857. The number of rotatable bonds is 6. The number of aliphatic hydroxyl groups excluding tert-OH is 1. The van der Waals surface area contributed by atoms with E-state index in [-0.39, 0.29) is 24.6 Å². The van der Waals surface area contributed by atoms with Crippen LogP contribution in [0.5, 0.6) is 0 Å². The maximum Gasteiger partial charge on any atom is 0.220 e. The van der Waals surface area contributed by atoms with Crippen molar-refractivity contribution in [3.05, 3.63) is 0 Å². The largest absolute Gasteiger partial charge is 0.393 e. The standard InChI is InChI=1S/C7H16N2O4S/c1-6(10)2-3-7(11)9-4-5-14(8,12)13/h6,10H,2-5H2,1H3,(H,9,11)(H2,8,12,13). The lowest BCUT2D eigenvalue weighted by Gasteiger charge is -2.05. The van der Waals surface area contributed by atoms with Crippen LogP contribution in [0.3, 0.4) is 0 Å². The number of amides is 1. The lowest BCUT2D eigenvalue weighted by atomic mass is 10.2. The van der Waals surface area contributed by atoms with Gasteiger partial charge in [0.1, 0.15) is 0 Å². The molecule has 0 aromatic rings. The van der Waals surface area contributed by atoms with Crippen LogP contribution in [-0.4, -0.2) is 37.8 Å². The molecule has 1 amide bonds. The summed E-state index contributed by atoms with van der Waals surface area (Å²) in [5.41, 5.74) is 0. The van der Waals surface area contributed by atoms with Crippen molar-refractivity contribution in [2.45, 2.75) is 25.9 Å². The molecule has 4 N–H and O–H groups in total. The number of nitrogens with two attached hydrogens (primary N) is 1. The third kappa shape index (κ3) is 9.43. The normalized spacial score (nSPS) is 13.6. The van der Waals surface area contributed by atoms with Gasteiger partial charge < -0.3 is 10.4 Å². The molecule has 14 heavy (non-hydrogen) atoms. The van der Waals surface area contributed by atoms with E-state index in [0.717, 1.165) is 0 Å². The molecule has 0 heterocycles. The summed E-state index contributed by atoms with van der Waals surface area (Å²) in [5.74, 6) is -0.553. The maximum atomic E-state index is 11.0. The van der Waals surface area contributed by atoms with Crippen LogP contribution in [-0.2, 0) is 14.8 Å². The van der Waals surface area contributed by atoms with Gasteiger partial charge in [0.25, 0.3) is 0 Å². The summed E-state index contributed by atoms with van der Waals surface area (Å²) in [6, 6.07) is 0. The monoisotopic (exact) mass is 224 g/mol. The first kappa shape index (κ1) is 13.3. The molecule has 0 aliphatic rings. The molecular formula is C7H16N2O4S. The molecule has 1 unspecified atom stereocenters. The molecule has 0 aromatic heterocycles. The highest BCUT2D eigenvalue weighted by atomic mass is 32.2. The summed E-state index contributed by atoms with van der Waals surface area (Å²) in [5, 5.41) is 16.0. The van der Waals surface area contributed by atoms with Gasteiger partial charge in [0.05, 0.1) is 11.9 Å². The topological polar surface area (TPSA) is 109 Å².